The van der Waals surface area contributed by atoms with Crippen molar-refractivity contribution < 1.29 is 28.1 Å². The molecule has 11 heteroatoms. The second kappa shape index (κ2) is 12.1. The maximum absolute atomic E-state index is 14.6. The number of nitrogens with two attached hydrogens (primary N) is 1. The van der Waals surface area contributed by atoms with E-state index in [9.17, 15) is 9.18 Å². The van der Waals surface area contributed by atoms with E-state index >= 15 is 0 Å². The molecule has 1 fully saturated rings. The van der Waals surface area contributed by atoms with Crippen LogP contribution in [-0.2, 0) is 11.3 Å². The van der Waals surface area contributed by atoms with Crippen LogP contribution in [0.1, 0.15) is 39.2 Å². The fourth-order valence-corrected chi connectivity index (χ4v) is 4.76. The summed E-state index contributed by atoms with van der Waals surface area (Å²) in [6.07, 6.45) is 2.83. The first-order valence-electron chi connectivity index (χ1n) is 13.9. The standard InChI is InChI=1S/C31H36FN5O5/c1-31(2,3)42-30(38)36-15-12-21(13-16-36)19-40-29-27-26(41-25-10-7-22(33)17-24(25)32)11-14-34-28(27)37(35-29)18-20-5-8-23(39-4)9-6-20/h5-11,14,17,21H,12-13,15-16,18-19,33H2,1-4H3. The van der Waals surface area contributed by atoms with Gasteiger partial charge in [0.05, 0.1) is 20.3 Å². The normalized spacial score (nSPS) is 14.2. The zero-order valence-electron chi connectivity index (χ0n) is 24.3. The van der Waals surface area contributed by atoms with Crippen LogP contribution in [0.5, 0.6) is 23.1 Å². The molecule has 0 bridgehead atoms. The summed E-state index contributed by atoms with van der Waals surface area (Å²) in [7, 11) is 1.62. The van der Waals surface area contributed by atoms with Crippen molar-refractivity contribution in [3.8, 4) is 23.1 Å². The van der Waals surface area contributed by atoms with Gasteiger partial charge in [-0.25, -0.2) is 18.9 Å². The van der Waals surface area contributed by atoms with Crippen molar-refractivity contribution in [3.63, 3.8) is 0 Å². The third kappa shape index (κ3) is 6.84. The van der Waals surface area contributed by atoms with E-state index in [1.54, 1.807) is 35.0 Å². The number of anilines is 1. The summed E-state index contributed by atoms with van der Waals surface area (Å²) in [5, 5.41) is 5.29. The highest BCUT2D eigenvalue weighted by Gasteiger charge is 2.28. The molecule has 0 saturated carbocycles. The van der Waals surface area contributed by atoms with Gasteiger partial charge in [-0.2, -0.15) is 0 Å². The Hall–Kier alpha value is -4.54. The molecule has 2 N–H and O–H groups in total. The molecule has 2 aromatic carbocycles. The van der Waals surface area contributed by atoms with Gasteiger partial charge in [0.15, 0.2) is 17.2 Å². The van der Waals surface area contributed by atoms with Crippen LogP contribution in [0.15, 0.2) is 54.7 Å². The molecule has 3 heterocycles. The molecule has 0 atom stereocenters. The minimum atomic E-state index is -0.579. The lowest BCUT2D eigenvalue weighted by Crippen LogP contribution is -2.42. The van der Waals surface area contributed by atoms with Crippen molar-refractivity contribution >= 4 is 22.8 Å². The molecular weight excluding hydrogens is 541 g/mol. The number of likely N-dealkylation sites (tertiary alicyclic amines) is 1. The number of halogens is 1. The molecule has 0 unspecified atom stereocenters. The predicted molar refractivity (Wildman–Crippen MR) is 157 cm³/mol. The third-order valence-electron chi connectivity index (χ3n) is 6.95. The van der Waals surface area contributed by atoms with Crippen LogP contribution >= 0.6 is 0 Å². The molecule has 1 saturated heterocycles. The Kier molecular flexibility index (Phi) is 8.37. The number of rotatable bonds is 8. The monoisotopic (exact) mass is 577 g/mol. The first kappa shape index (κ1) is 29.0. The number of carbonyl (C=O) groups excluding carboxylic acids is 1. The molecule has 1 aliphatic rings. The number of aromatic nitrogens is 3. The number of methoxy groups -OCH3 is 1. The van der Waals surface area contributed by atoms with Crippen molar-refractivity contribution in [3.05, 3.63) is 66.1 Å². The molecule has 2 aromatic heterocycles. The van der Waals surface area contributed by atoms with E-state index in [4.69, 9.17) is 29.8 Å². The lowest BCUT2D eigenvalue weighted by molar-refractivity contribution is 0.0164. The van der Waals surface area contributed by atoms with Crippen molar-refractivity contribution in [2.24, 2.45) is 5.92 Å². The number of amides is 1. The first-order valence-corrected chi connectivity index (χ1v) is 13.9. The molecule has 42 heavy (non-hydrogen) atoms. The Morgan fingerprint density at radius 3 is 2.48 bits per heavy atom. The van der Waals surface area contributed by atoms with E-state index in [1.165, 1.54) is 12.1 Å². The van der Waals surface area contributed by atoms with Gasteiger partial charge < -0.3 is 29.6 Å². The van der Waals surface area contributed by atoms with Crippen molar-refractivity contribution in [1.29, 1.82) is 0 Å². The van der Waals surface area contributed by atoms with E-state index in [0.29, 0.717) is 54.6 Å². The molecule has 5 rings (SSSR count). The van der Waals surface area contributed by atoms with Crippen LogP contribution in [0, 0.1) is 11.7 Å². The number of hydrogen-bond donors (Lipinski definition) is 1. The minimum absolute atomic E-state index is 0.0278. The lowest BCUT2D eigenvalue weighted by atomic mass is 9.98. The van der Waals surface area contributed by atoms with Crippen molar-refractivity contribution in [2.45, 2.75) is 45.8 Å². The number of carbonyl (C=O) groups is 1. The third-order valence-corrected chi connectivity index (χ3v) is 6.95. The Balaban J connectivity index is 1.38. The second-order valence-corrected chi connectivity index (χ2v) is 11.3. The maximum Gasteiger partial charge on any atom is 0.410 e. The van der Waals surface area contributed by atoms with Gasteiger partial charge in [0, 0.05) is 37.1 Å². The molecule has 0 spiro atoms. The number of nitrogen functional groups attached to an aromatic ring is 1. The Bertz CT molecular complexity index is 1540. The van der Waals surface area contributed by atoms with E-state index < -0.39 is 11.4 Å². The second-order valence-electron chi connectivity index (χ2n) is 11.3. The van der Waals surface area contributed by atoms with Crippen LogP contribution in [0.4, 0.5) is 14.9 Å². The van der Waals surface area contributed by atoms with Crippen LogP contribution < -0.4 is 19.9 Å². The van der Waals surface area contributed by atoms with Gasteiger partial charge in [0.25, 0.3) is 0 Å². The van der Waals surface area contributed by atoms with Gasteiger partial charge in [-0.05, 0) is 69.4 Å². The van der Waals surface area contributed by atoms with Gasteiger partial charge in [0.2, 0.25) is 5.88 Å². The number of ether oxygens (including phenoxy) is 4. The number of benzene rings is 2. The Morgan fingerprint density at radius 2 is 1.81 bits per heavy atom. The van der Waals surface area contributed by atoms with E-state index in [2.05, 4.69) is 4.98 Å². The molecule has 0 radical (unpaired) electrons. The molecule has 1 amide bonds. The maximum atomic E-state index is 14.6. The molecule has 4 aromatic rings. The summed E-state index contributed by atoms with van der Waals surface area (Å²) in [4.78, 5) is 18.8. The van der Waals surface area contributed by atoms with E-state index in [1.807, 2.05) is 45.0 Å². The topological polar surface area (TPSA) is 114 Å². The van der Waals surface area contributed by atoms with Gasteiger partial charge in [-0.3, -0.25) is 0 Å². The average molecular weight is 578 g/mol. The highest BCUT2D eigenvalue weighted by molar-refractivity contribution is 5.88. The zero-order valence-corrected chi connectivity index (χ0v) is 24.3. The summed E-state index contributed by atoms with van der Waals surface area (Å²) in [5.74, 6) is 1.11. The minimum Gasteiger partial charge on any atom is -0.497 e. The molecule has 1 aliphatic heterocycles. The number of hydrogen-bond acceptors (Lipinski definition) is 8. The summed E-state index contributed by atoms with van der Waals surface area (Å²) in [6, 6.07) is 13.6. The largest absolute Gasteiger partial charge is 0.497 e. The summed E-state index contributed by atoms with van der Waals surface area (Å²) >= 11 is 0. The van der Waals surface area contributed by atoms with Crippen LogP contribution in [0.25, 0.3) is 11.0 Å². The smallest absolute Gasteiger partial charge is 0.410 e. The van der Waals surface area contributed by atoms with Crippen LogP contribution in [0.3, 0.4) is 0 Å². The van der Waals surface area contributed by atoms with E-state index in [0.717, 1.165) is 24.2 Å². The summed E-state index contributed by atoms with van der Waals surface area (Å²) < 4.78 is 39.5. The SMILES string of the molecule is COc1ccc(Cn2nc(OCC3CCN(C(=O)OC(C)(C)C)CC3)c3c(Oc4ccc(N)cc4F)ccnc32)cc1. The zero-order chi connectivity index (χ0) is 29.9. The highest BCUT2D eigenvalue weighted by atomic mass is 19.1. The number of pyridine rings is 1. The highest BCUT2D eigenvalue weighted by Crippen LogP contribution is 2.37. The van der Waals surface area contributed by atoms with Crippen molar-refractivity contribution in [1.82, 2.24) is 19.7 Å². The lowest BCUT2D eigenvalue weighted by Gasteiger charge is -2.33. The van der Waals surface area contributed by atoms with Gasteiger partial charge >= 0.3 is 6.09 Å². The summed E-state index contributed by atoms with van der Waals surface area (Å²) in [5.41, 5.74) is 7.00. The Labute approximate surface area is 244 Å². The molecular formula is C31H36FN5O5. The number of fused-ring (bicyclic) bond motifs is 1. The van der Waals surface area contributed by atoms with Crippen LogP contribution in [0.2, 0.25) is 0 Å². The van der Waals surface area contributed by atoms with E-state index in [-0.39, 0.29) is 17.8 Å². The van der Waals surface area contributed by atoms with Crippen LogP contribution in [-0.4, -0.2) is 58.2 Å². The van der Waals surface area contributed by atoms with Gasteiger partial charge in [-0.1, -0.05) is 12.1 Å². The molecule has 222 valence electrons. The predicted octanol–water partition coefficient (Wildman–Crippen LogP) is 6.03. The average Bonchev–Trinajstić information content (AvgIpc) is 3.31. The number of piperidine rings is 1. The molecule has 10 nitrogen and oxygen atoms in total. The van der Waals surface area contributed by atoms with Gasteiger partial charge in [0.1, 0.15) is 22.5 Å². The number of nitrogens with zero attached hydrogens (tertiary/aromatic N) is 4. The summed E-state index contributed by atoms with van der Waals surface area (Å²) in [6.45, 7) is 7.56. The first-order chi connectivity index (χ1) is 20.1. The van der Waals surface area contributed by atoms with Gasteiger partial charge in [-0.15, -0.1) is 5.10 Å². The Morgan fingerprint density at radius 1 is 1.07 bits per heavy atom. The fourth-order valence-electron chi connectivity index (χ4n) is 4.76. The fraction of sp³-hybridized carbons (Fsp3) is 0.387. The van der Waals surface area contributed by atoms with Crippen molar-refractivity contribution in [2.75, 3.05) is 32.5 Å². The quantitative estimate of drug-likeness (QED) is 0.253. The molecule has 0 aliphatic carbocycles.